The smallest absolute Gasteiger partial charge is 0.206 e. The molecule has 0 aliphatic rings. The minimum absolute atomic E-state index is 0.0353. The second kappa shape index (κ2) is 3.30. The van der Waals surface area contributed by atoms with Gasteiger partial charge in [0.25, 0.3) is 0 Å². The normalized spacial score (nSPS) is 9.58. The van der Waals surface area contributed by atoms with E-state index < -0.39 is 11.6 Å². The number of aromatic hydroxyl groups is 1. The molecule has 0 saturated heterocycles. The van der Waals surface area contributed by atoms with Crippen LogP contribution in [0.5, 0.6) is 17.2 Å². The van der Waals surface area contributed by atoms with E-state index in [9.17, 15) is 4.39 Å². The van der Waals surface area contributed by atoms with Crippen LogP contribution in [-0.4, -0.2) is 19.3 Å². The summed E-state index contributed by atoms with van der Waals surface area (Å²) >= 11 is 0. The van der Waals surface area contributed by atoms with E-state index in [-0.39, 0.29) is 5.75 Å². The summed E-state index contributed by atoms with van der Waals surface area (Å²) in [5.41, 5.74) is 0. The standard InChI is InChI=1S/C8H9FO3/c1-11-5-3-6(10)8(9)7(4-5)12-2/h3-4,10H,1-2H3. The van der Waals surface area contributed by atoms with Gasteiger partial charge < -0.3 is 14.6 Å². The van der Waals surface area contributed by atoms with Gasteiger partial charge in [-0.25, -0.2) is 0 Å². The molecule has 0 saturated carbocycles. The quantitative estimate of drug-likeness (QED) is 0.735. The first-order chi connectivity index (χ1) is 5.69. The van der Waals surface area contributed by atoms with E-state index in [4.69, 9.17) is 9.84 Å². The monoisotopic (exact) mass is 172 g/mol. The Morgan fingerprint density at radius 2 is 1.92 bits per heavy atom. The third-order valence-electron chi connectivity index (χ3n) is 1.45. The Morgan fingerprint density at radius 1 is 1.25 bits per heavy atom. The van der Waals surface area contributed by atoms with E-state index in [0.29, 0.717) is 5.75 Å². The molecule has 12 heavy (non-hydrogen) atoms. The molecule has 0 unspecified atom stereocenters. The van der Waals surface area contributed by atoms with Gasteiger partial charge in [0, 0.05) is 12.1 Å². The van der Waals surface area contributed by atoms with E-state index >= 15 is 0 Å². The summed E-state index contributed by atoms with van der Waals surface area (Å²) < 4.78 is 22.3. The topological polar surface area (TPSA) is 38.7 Å². The molecule has 0 aromatic heterocycles. The third kappa shape index (κ3) is 1.42. The molecule has 3 nitrogen and oxygen atoms in total. The van der Waals surface area contributed by atoms with E-state index in [1.165, 1.54) is 26.4 Å². The number of ether oxygens (including phenoxy) is 2. The summed E-state index contributed by atoms with van der Waals surface area (Å²) in [5.74, 6) is -0.942. The molecule has 1 aromatic rings. The molecule has 0 amide bonds. The van der Waals surface area contributed by atoms with Crippen LogP contribution in [0.15, 0.2) is 12.1 Å². The Hall–Kier alpha value is -1.45. The lowest BCUT2D eigenvalue weighted by Gasteiger charge is -2.06. The van der Waals surface area contributed by atoms with E-state index in [2.05, 4.69) is 4.74 Å². The van der Waals surface area contributed by atoms with Gasteiger partial charge in [0.1, 0.15) is 5.75 Å². The first-order valence-electron chi connectivity index (χ1n) is 3.29. The zero-order chi connectivity index (χ0) is 9.14. The first kappa shape index (κ1) is 8.64. The van der Waals surface area contributed by atoms with Gasteiger partial charge in [0.2, 0.25) is 5.82 Å². The highest BCUT2D eigenvalue weighted by atomic mass is 19.1. The van der Waals surface area contributed by atoms with E-state index in [1.807, 2.05) is 0 Å². The number of hydrogen-bond acceptors (Lipinski definition) is 3. The van der Waals surface area contributed by atoms with E-state index in [1.54, 1.807) is 0 Å². The van der Waals surface area contributed by atoms with Crippen molar-refractivity contribution in [3.05, 3.63) is 17.9 Å². The van der Waals surface area contributed by atoms with Crippen molar-refractivity contribution in [2.75, 3.05) is 14.2 Å². The minimum Gasteiger partial charge on any atom is -0.505 e. The molecule has 1 aromatic carbocycles. The van der Waals surface area contributed by atoms with E-state index in [0.717, 1.165) is 0 Å². The fourth-order valence-electron chi connectivity index (χ4n) is 0.825. The molecule has 0 bridgehead atoms. The van der Waals surface area contributed by atoms with Crippen LogP contribution in [0, 0.1) is 5.82 Å². The van der Waals surface area contributed by atoms with Crippen LogP contribution in [0.3, 0.4) is 0 Å². The molecule has 0 fully saturated rings. The van der Waals surface area contributed by atoms with Crippen LogP contribution < -0.4 is 9.47 Å². The number of hydrogen-bond donors (Lipinski definition) is 1. The summed E-state index contributed by atoms with van der Waals surface area (Å²) in [6, 6.07) is 2.53. The number of benzene rings is 1. The van der Waals surface area contributed by atoms with Gasteiger partial charge >= 0.3 is 0 Å². The number of halogens is 1. The number of rotatable bonds is 2. The minimum atomic E-state index is -0.779. The molecule has 1 N–H and O–H groups in total. The van der Waals surface area contributed by atoms with Crippen molar-refractivity contribution in [2.45, 2.75) is 0 Å². The van der Waals surface area contributed by atoms with Crippen LogP contribution in [0.25, 0.3) is 0 Å². The molecule has 0 aliphatic heterocycles. The van der Waals surface area contributed by atoms with Gasteiger partial charge in [0.05, 0.1) is 14.2 Å². The summed E-state index contributed by atoms with van der Waals surface area (Å²) in [6.45, 7) is 0. The van der Waals surface area contributed by atoms with Crippen LogP contribution in [-0.2, 0) is 0 Å². The highest BCUT2D eigenvalue weighted by Crippen LogP contribution is 2.30. The van der Waals surface area contributed by atoms with Gasteiger partial charge in [0.15, 0.2) is 11.5 Å². The van der Waals surface area contributed by atoms with Gasteiger partial charge in [-0.05, 0) is 0 Å². The van der Waals surface area contributed by atoms with Crippen LogP contribution in [0.1, 0.15) is 0 Å². The molecule has 4 heteroatoms. The van der Waals surface area contributed by atoms with Crippen LogP contribution in [0.4, 0.5) is 4.39 Å². The number of phenols is 1. The molecule has 0 atom stereocenters. The predicted molar refractivity (Wildman–Crippen MR) is 41.2 cm³/mol. The highest BCUT2D eigenvalue weighted by molar-refractivity contribution is 5.42. The third-order valence-corrected chi connectivity index (χ3v) is 1.45. The van der Waals surface area contributed by atoms with Gasteiger partial charge in [-0.3, -0.25) is 0 Å². The lowest BCUT2D eigenvalue weighted by atomic mass is 10.3. The largest absolute Gasteiger partial charge is 0.505 e. The molecule has 0 radical (unpaired) electrons. The molecular formula is C8H9FO3. The predicted octanol–water partition coefficient (Wildman–Crippen LogP) is 1.55. The van der Waals surface area contributed by atoms with Crippen molar-refractivity contribution < 1.29 is 19.0 Å². The second-order valence-corrected chi connectivity index (χ2v) is 2.16. The molecule has 0 aliphatic carbocycles. The van der Waals surface area contributed by atoms with Crippen molar-refractivity contribution in [1.29, 1.82) is 0 Å². The van der Waals surface area contributed by atoms with Crippen LogP contribution in [0.2, 0.25) is 0 Å². The first-order valence-corrected chi connectivity index (χ1v) is 3.29. The number of phenolic OH excluding ortho intramolecular Hbond substituents is 1. The maximum absolute atomic E-state index is 12.9. The average molecular weight is 172 g/mol. The second-order valence-electron chi connectivity index (χ2n) is 2.16. The maximum Gasteiger partial charge on any atom is 0.206 e. The van der Waals surface area contributed by atoms with Crippen molar-refractivity contribution in [3.8, 4) is 17.2 Å². The summed E-state index contributed by atoms with van der Waals surface area (Å²) in [4.78, 5) is 0. The number of methoxy groups -OCH3 is 2. The van der Waals surface area contributed by atoms with Crippen molar-refractivity contribution >= 4 is 0 Å². The Bertz CT molecular complexity index is 286. The average Bonchev–Trinajstić information content (AvgIpc) is 2.09. The molecule has 66 valence electrons. The van der Waals surface area contributed by atoms with Crippen molar-refractivity contribution in [1.82, 2.24) is 0 Å². The molecule has 0 heterocycles. The van der Waals surface area contributed by atoms with Crippen molar-refractivity contribution in [3.63, 3.8) is 0 Å². The maximum atomic E-state index is 12.9. The van der Waals surface area contributed by atoms with Gasteiger partial charge in [-0.15, -0.1) is 0 Å². The highest BCUT2D eigenvalue weighted by Gasteiger charge is 2.10. The zero-order valence-corrected chi connectivity index (χ0v) is 6.80. The van der Waals surface area contributed by atoms with Gasteiger partial charge in [-0.2, -0.15) is 4.39 Å². The summed E-state index contributed by atoms with van der Waals surface area (Å²) in [7, 11) is 2.74. The molecular weight excluding hydrogens is 163 g/mol. The fourth-order valence-corrected chi connectivity index (χ4v) is 0.825. The Balaban J connectivity index is 3.19. The summed E-state index contributed by atoms with van der Waals surface area (Å²) in [5, 5.41) is 9.01. The Labute approximate surface area is 69.3 Å². The Kier molecular flexibility index (Phi) is 2.38. The summed E-state index contributed by atoms with van der Waals surface area (Å²) in [6.07, 6.45) is 0. The zero-order valence-electron chi connectivity index (χ0n) is 6.80. The van der Waals surface area contributed by atoms with Crippen molar-refractivity contribution in [2.24, 2.45) is 0 Å². The van der Waals surface area contributed by atoms with Crippen LogP contribution >= 0.6 is 0 Å². The Morgan fingerprint density at radius 3 is 2.42 bits per heavy atom. The molecule has 0 spiro atoms. The SMILES string of the molecule is COc1cc(O)c(F)c(OC)c1. The lowest BCUT2D eigenvalue weighted by molar-refractivity contribution is 0.352. The lowest BCUT2D eigenvalue weighted by Crippen LogP contribution is -1.90. The fraction of sp³-hybridized carbons (Fsp3) is 0.250. The van der Waals surface area contributed by atoms with Gasteiger partial charge in [-0.1, -0.05) is 0 Å². The molecule has 1 rings (SSSR count).